The minimum Gasteiger partial charge on any atom is -0.326 e. The summed E-state index contributed by atoms with van der Waals surface area (Å²) >= 11 is 5.58. The van der Waals surface area contributed by atoms with E-state index in [0.29, 0.717) is 5.25 Å². The average Bonchev–Trinajstić information content (AvgIpc) is 3.03. The van der Waals surface area contributed by atoms with Crippen molar-refractivity contribution in [3.05, 3.63) is 45.7 Å². The molecule has 1 aromatic carbocycles. The second kappa shape index (κ2) is 6.15. The first-order chi connectivity index (χ1) is 10.1. The van der Waals surface area contributed by atoms with Crippen LogP contribution in [0.15, 0.2) is 33.6 Å². The molecule has 1 aliphatic rings. The van der Waals surface area contributed by atoms with Crippen LogP contribution in [-0.4, -0.2) is 21.1 Å². The van der Waals surface area contributed by atoms with Crippen LogP contribution in [0.4, 0.5) is 0 Å². The molecule has 1 aromatic heterocycles. The Morgan fingerprint density at radius 2 is 2.24 bits per heavy atom. The Hall–Kier alpha value is -0.780. The van der Waals surface area contributed by atoms with Gasteiger partial charge in [0, 0.05) is 29.2 Å². The quantitative estimate of drug-likeness (QED) is 0.900. The largest absolute Gasteiger partial charge is 0.326 e. The molecule has 2 heterocycles. The summed E-state index contributed by atoms with van der Waals surface area (Å²) in [5.41, 5.74) is 10.2. The van der Waals surface area contributed by atoms with Crippen molar-refractivity contribution < 1.29 is 0 Å². The summed E-state index contributed by atoms with van der Waals surface area (Å²) in [6.07, 6.45) is 1.93. The minimum absolute atomic E-state index is 0.139. The van der Waals surface area contributed by atoms with E-state index in [2.05, 4.69) is 56.9 Å². The van der Waals surface area contributed by atoms with Crippen LogP contribution in [0, 0.1) is 6.92 Å². The molecule has 5 heteroatoms. The summed E-state index contributed by atoms with van der Waals surface area (Å²) in [5.74, 6) is 0. The van der Waals surface area contributed by atoms with E-state index in [9.17, 15) is 0 Å². The molecule has 0 saturated heterocycles. The van der Waals surface area contributed by atoms with Gasteiger partial charge in [-0.05, 0) is 47.8 Å². The third-order valence-corrected chi connectivity index (χ3v) is 6.53. The van der Waals surface area contributed by atoms with Crippen molar-refractivity contribution in [1.29, 1.82) is 0 Å². The molecule has 2 aromatic rings. The highest BCUT2D eigenvalue weighted by atomic mass is 79.9. The number of fused-ring (bicyclic) bond motifs is 1. The Bertz CT molecular complexity index is 628. The van der Waals surface area contributed by atoms with E-state index in [1.54, 1.807) is 0 Å². The summed E-state index contributed by atoms with van der Waals surface area (Å²) in [6.45, 7) is 5.03. The SMILES string of the molecule is CCn1nc(C)c(Br)c1CC(N)C1Cc2ccccc2S1. The molecular formula is C16H20BrN3S. The van der Waals surface area contributed by atoms with Gasteiger partial charge < -0.3 is 5.73 Å². The third kappa shape index (κ3) is 2.91. The third-order valence-electron chi connectivity index (χ3n) is 4.03. The lowest BCUT2D eigenvalue weighted by Crippen LogP contribution is -2.35. The number of benzene rings is 1. The molecule has 0 aliphatic carbocycles. The van der Waals surface area contributed by atoms with Crippen LogP contribution in [-0.2, 0) is 19.4 Å². The van der Waals surface area contributed by atoms with Gasteiger partial charge in [0.25, 0.3) is 0 Å². The average molecular weight is 366 g/mol. The molecule has 3 rings (SSSR count). The standard InChI is InChI=1S/C16H20BrN3S/c1-3-20-13(16(17)10(2)19-20)9-12(18)15-8-11-6-4-5-7-14(11)21-15/h4-7,12,15H,3,8-9,18H2,1-2H3. The molecule has 0 fully saturated rings. The van der Waals surface area contributed by atoms with Gasteiger partial charge in [0.05, 0.1) is 15.9 Å². The Morgan fingerprint density at radius 3 is 2.95 bits per heavy atom. The summed E-state index contributed by atoms with van der Waals surface area (Å²) in [6, 6.07) is 8.76. The van der Waals surface area contributed by atoms with Gasteiger partial charge in [-0.15, -0.1) is 11.8 Å². The van der Waals surface area contributed by atoms with Crippen molar-refractivity contribution in [2.45, 2.75) is 49.4 Å². The zero-order chi connectivity index (χ0) is 15.0. The molecule has 2 N–H and O–H groups in total. The highest BCUT2D eigenvalue weighted by molar-refractivity contribution is 9.10. The number of thioether (sulfide) groups is 1. The van der Waals surface area contributed by atoms with E-state index in [0.717, 1.165) is 29.6 Å². The number of nitrogens with two attached hydrogens (primary N) is 1. The lowest BCUT2D eigenvalue weighted by molar-refractivity contribution is 0.563. The summed E-state index contributed by atoms with van der Waals surface area (Å²) < 4.78 is 3.17. The van der Waals surface area contributed by atoms with Crippen LogP contribution >= 0.6 is 27.7 Å². The summed E-state index contributed by atoms with van der Waals surface area (Å²) in [5, 5.41) is 5.01. The summed E-state index contributed by atoms with van der Waals surface area (Å²) in [7, 11) is 0. The smallest absolute Gasteiger partial charge is 0.0738 e. The van der Waals surface area contributed by atoms with E-state index < -0.39 is 0 Å². The normalized spacial score (nSPS) is 18.8. The van der Waals surface area contributed by atoms with Gasteiger partial charge in [-0.25, -0.2) is 0 Å². The van der Waals surface area contributed by atoms with Crippen LogP contribution in [0.3, 0.4) is 0 Å². The van der Waals surface area contributed by atoms with Gasteiger partial charge in [0.2, 0.25) is 0 Å². The van der Waals surface area contributed by atoms with Gasteiger partial charge >= 0.3 is 0 Å². The molecular weight excluding hydrogens is 346 g/mol. The fourth-order valence-electron chi connectivity index (χ4n) is 2.87. The van der Waals surface area contributed by atoms with Gasteiger partial charge in [0.15, 0.2) is 0 Å². The fraction of sp³-hybridized carbons (Fsp3) is 0.438. The number of hydrogen-bond donors (Lipinski definition) is 1. The maximum Gasteiger partial charge on any atom is 0.0738 e. The first-order valence-corrected chi connectivity index (χ1v) is 8.99. The van der Waals surface area contributed by atoms with E-state index in [4.69, 9.17) is 5.73 Å². The molecule has 0 radical (unpaired) electrons. The number of hydrogen-bond acceptors (Lipinski definition) is 3. The topological polar surface area (TPSA) is 43.8 Å². The number of rotatable bonds is 4. The van der Waals surface area contributed by atoms with Crippen molar-refractivity contribution in [3.63, 3.8) is 0 Å². The van der Waals surface area contributed by atoms with Crippen LogP contribution in [0.2, 0.25) is 0 Å². The zero-order valence-corrected chi connectivity index (χ0v) is 14.7. The van der Waals surface area contributed by atoms with Gasteiger partial charge in [-0.2, -0.15) is 5.10 Å². The second-order valence-corrected chi connectivity index (χ2v) is 7.57. The fourth-order valence-corrected chi connectivity index (χ4v) is 4.63. The van der Waals surface area contributed by atoms with Crippen molar-refractivity contribution in [2.24, 2.45) is 5.73 Å². The monoisotopic (exact) mass is 365 g/mol. The molecule has 0 saturated carbocycles. The number of aromatic nitrogens is 2. The molecule has 0 spiro atoms. The van der Waals surface area contributed by atoms with Crippen LogP contribution < -0.4 is 5.73 Å². The van der Waals surface area contributed by atoms with Crippen molar-refractivity contribution in [2.75, 3.05) is 0 Å². The highest BCUT2D eigenvalue weighted by Gasteiger charge is 2.28. The Labute approximate surface area is 138 Å². The first kappa shape index (κ1) is 15.1. The molecule has 112 valence electrons. The highest BCUT2D eigenvalue weighted by Crippen LogP contribution is 2.38. The van der Waals surface area contributed by atoms with Crippen molar-refractivity contribution in [1.82, 2.24) is 9.78 Å². The Kier molecular flexibility index (Phi) is 4.43. The maximum absolute atomic E-state index is 6.51. The number of halogens is 1. The van der Waals surface area contributed by atoms with Crippen molar-refractivity contribution in [3.8, 4) is 0 Å². The molecule has 21 heavy (non-hydrogen) atoms. The lowest BCUT2D eigenvalue weighted by atomic mass is 10.0. The zero-order valence-electron chi connectivity index (χ0n) is 12.3. The minimum atomic E-state index is 0.139. The lowest BCUT2D eigenvalue weighted by Gasteiger charge is -2.19. The molecule has 0 amide bonds. The van der Waals surface area contributed by atoms with Gasteiger partial charge in [-0.3, -0.25) is 4.68 Å². The predicted octanol–water partition coefficient (Wildman–Crippen LogP) is 3.56. The number of nitrogens with zero attached hydrogens (tertiary/aromatic N) is 2. The van der Waals surface area contributed by atoms with Crippen LogP contribution in [0.1, 0.15) is 23.9 Å². The second-order valence-electron chi connectivity index (χ2n) is 5.50. The Morgan fingerprint density at radius 1 is 1.48 bits per heavy atom. The van der Waals surface area contributed by atoms with E-state index in [1.807, 2.05) is 18.7 Å². The molecule has 2 unspecified atom stereocenters. The van der Waals surface area contributed by atoms with Crippen LogP contribution in [0.25, 0.3) is 0 Å². The van der Waals surface area contributed by atoms with E-state index in [-0.39, 0.29) is 6.04 Å². The molecule has 2 atom stereocenters. The van der Waals surface area contributed by atoms with E-state index >= 15 is 0 Å². The first-order valence-electron chi connectivity index (χ1n) is 7.32. The maximum atomic E-state index is 6.51. The van der Waals surface area contributed by atoms with Crippen LogP contribution in [0.5, 0.6) is 0 Å². The Balaban J connectivity index is 1.75. The predicted molar refractivity (Wildman–Crippen MR) is 91.8 cm³/mol. The number of aryl methyl sites for hydroxylation is 2. The molecule has 1 aliphatic heterocycles. The summed E-state index contributed by atoms with van der Waals surface area (Å²) in [4.78, 5) is 1.39. The molecule has 0 bridgehead atoms. The van der Waals surface area contributed by atoms with Gasteiger partial charge in [-0.1, -0.05) is 18.2 Å². The van der Waals surface area contributed by atoms with Crippen molar-refractivity contribution >= 4 is 27.7 Å². The molecule has 3 nitrogen and oxygen atoms in total. The van der Waals surface area contributed by atoms with E-state index in [1.165, 1.54) is 16.2 Å². The van der Waals surface area contributed by atoms with Gasteiger partial charge in [0.1, 0.15) is 0 Å².